The Morgan fingerprint density at radius 3 is 2.40 bits per heavy atom. The van der Waals surface area contributed by atoms with E-state index in [0.717, 1.165) is 5.57 Å². The fraction of sp³-hybridized carbons (Fsp3) is 0.286. The highest BCUT2D eigenvalue weighted by Gasteiger charge is 2.36. The summed E-state index contributed by atoms with van der Waals surface area (Å²) in [6.07, 6.45) is 4.99. The first-order chi connectivity index (χ1) is 9.60. The van der Waals surface area contributed by atoms with Crippen molar-refractivity contribution in [3.63, 3.8) is 0 Å². The molecular formula is C14H15N3O3. The van der Waals surface area contributed by atoms with Crippen LogP contribution >= 0.6 is 0 Å². The molecule has 1 aliphatic rings. The molecule has 1 aliphatic carbocycles. The number of fused-ring (bicyclic) bond motifs is 1. The molecule has 104 valence electrons. The van der Waals surface area contributed by atoms with Gasteiger partial charge in [-0.05, 0) is 36.3 Å². The third kappa shape index (κ3) is 2.24. The van der Waals surface area contributed by atoms with E-state index in [2.05, 4.69) is 10.2 Å². The normalized spacial score (nSPS) is 21.1. The average Bonchev–Trinajstić information content (AvgIpc) is 2.84. The lowest BCUT2D eigenvalue weighted by atomic mass is 9.96. The van der Waals surface area contributed by atoms with E-state index in [1.54, 1.807) is 12.2 Å². The molecule has 3 N–H and O–H groups in total. The number of allylic oxidation sites excluding steroid dienone is 1. The molecule has 0 bridgehead atoms. The molecule has 1 unspecified atom stereocenters. The second kappa shape index (κ2) is 4.82. The highest BCUT2D eigenvalue weighted by atomic mass is 16.5. The third-order valence-electron chi connectivity index (χ3n) is 3.30. The second-order valence-electron chi connectivity index (χ2n) is 4.79. The Kier molecular flexibility index (Phi) is 3.13. The van der Waals surface area contributed by atoms with Crippen molar-refractivity contribution < 1.29 is 15.3 Å². The number of nitrogens with zero attached hydrogens (tertiary/aromatic N) is 3. The summed E-state index contributed by atoms with van der Waals surface area (Å²) in [5.41, 5.74) is 2.20. The standard InChI is InChI=1S/C14H15N3O3/c18-8-6-10-5-7-14(19,20)13(9-10)17-15-11-3-1-2-4-12(11)16-17/h1-5,7,9,13,18-20H,6,8H2. The Balaban J connectivity index is 2.03. The van der Waals surface area contributed by atoms with Crippen LogP contribution in [0.15, 0.2) is 48.1 Å². The Hall–Kier alpha value is -2.02. The van der Waals surface area contributed by atoms with Crippen molar-refractivity contribution >= 4 is 11.0 Å². The van der Waals surface area contributed by atoms with Crippen molar-refractivity contribution in [2.45, 2.75) is 18.2 Å². The smallest absolute Gasteiger partial charge is 0.211 e. The van der Waals surface area contributed by atoms with Crippen LogP contribution in [0.25, 0.3) is 11.0 Å². The van der Waals surface area contributed by atoms with Gasteiger partial charge in [-0.25, -0.2) is 0 Å². The quantitative estimate of drug-likeness (QED) is 0.710. The summed E-state index contributed by atoms with van der Waals surface area (Å²) < 4.78 is 0. The van der Waals surface area contributed by atoms with Crippen molar-refractivity contribution in [3.8, 4) is 0 Å². The lowest BCUT2D eigenvalue weighted by Gasteiger charge is -2.29. The number of aliphatic hydroxyl groups is 3. The van der Waals surface area contributed by atoms with Gasteiger partial charge in [-0.2, -0.15) is 15.0 Å². The van der Waals surface area contributed by atoms with Crippen LogP contribution in [0.2, 0.25) is 0 Å². The predicted molar refractivity (Wildman–Crippen MR) is 72.7 cm³/mol. The van der Waals surface area contributed by atoms with Crippen molar-refractivity contribution in [3.05, 3.63) is 48.1 Å². The van der Waals surface area contributed by atoms with Gasteiger partial charge in [0, 0.05) is 6.61 Å². The Morgan fingerprint density at radius 1 is 1.15 bits per heavy atom. The van der Waals surface area contributed by atoms with E-state index in [0.29, 0.717) is 17.5 Å². The number of aliphatic hydroxyl groups excluding tert-OH is 1. The van der Waals surface area contributed by atoms with Crippen LogP contribution in [0, 0.1) is 0 Å². The van der Waals surface area contributed by atoms with Gasteiger partial charge in [0.2, 0.25) is 5.79 Å². The zero-order valence-electron chi connectivity index (χ0n) is 10.7. The van der Waals surface area contributed by atoms with Gasteiger partial charge in [-0.3, -0.25) is 0 Å². The Bertz CT molecular complexity index is 655. The molecular weight excluding hydrogens is 258 g/mol. The highest BCUT2D eigenvalue weighted by molar-refractivity contribution is 5.73. The summed E-state index contributed by atoms with van der Waals surface area (Å²) in [7, 11) is 0. The van der Waals surface area contributed by atoms with Crippen LogP contribution in [0.1, 0.15) is 12.5 Å². The minimum Gasteiger partial charge on any atom is -0.396 e. The van der Waals surface area contributed by atoms with Crippen molar-refractivity contribution in [2.75, 3.05) is 6.61 Å². The fourth-order valence-corrected chi connectivity index (χ4v) is 2.24. The van der Waals surface area contributed by atoms with Crippen LogP contribution in [-0.2, 0) is 0 Å². The van der Waals surface area contributed by atoms with E-state index in [1.807, 2.05) is 24.3 Å². The van der Waals surface area contributed by atoms with Crippen molar-refractivity contribution in [2.24, 2.45) is 0 Å². The maximum atomic E-state index is 10.1. The zero-order valence-corrected chi connectivity index (χ0v) is 10.7. The van der Waals surface area contributed by atoms with Gasteiger partial charge in [-0.1, -0.05) is 18.2 Å². The third-order valence-corrected chi connectivity index (χ3v) is 3.30. The Morgan fingerprint density at radius 2 is 1.80 bits per heavy atom. The lowest BCUT2D eigenvalue weighted by molar-refractivity contribution is -0.147. The van der Waals surface area contributed by atoms with Gasteiger partial charge >= 0.3 is 0 Å². The minimum absolute atomic E-state index is 0.00125. The average molecular weight is 273 g/mol. The molecule has 0 aliphatic heterocycles. The Labute approximate surface area is 115 Å². The number of hydrogen-bond acceptors (Lipinski definition) is 5. The van der Waals surface area contributed by atoms with E-state index in [9.17, 15) is 10.2 Å². The summed E-state index contributed by atoms with van der Waals surface area (Å²) in [4.78, 5) is 1.30. The molecule has 1 aromatic heterocycles. The lowest BCUT2D eigenvalue weighted by Crippen LogP contribution is -2.39. The van der Waals surface area contributed by atoms with Gasteiger partial charge < -0.3 is 15.3 Å². The first-order valence-electron chi connectivity index (χ1n) is 6.37. The van der Waals surface area contributed by atoms with E-state index in [4.69, 9.17) is 5.11 Å². The number of benzene rings is 1. The molecule has 2 aromatic rings. The van der Waals surface area contributed by atoms with Crippen LogP contribution in [0.3, 0.4) is 0 Å². The predicted octanol–water partition coefficient (Wildman–Crippen LogP) is 0.532. The van der Waals surface area contributed by atoms with Gasteiger partial charge in [0.15, 0.2) is 0 Å². The molecule has 3 rings (SSSR count). The van der Waals surface area contributed by atoms with Crippen LogP contribution in [0.4, 0.5) is 0 Å². The van der Waals surface area contributed by atoms with Gasteiger partial charge in [0.25, 0.3) is 0 Å². The summed E-state index contributed by atoms with van der Waals surface area (Å²) >= 11 is 0. The molecule has 0 amide bonds. The first-order valence-corrected chi connectivity index (χ1v) is 6.37. The molecule has 6 nitrogen and oxygen atoms in total. The van der Waals surface area contributed by atoms with E-state index in [1.165, 1.54) is 10.9 Å². The van der Waals surface area contributed by atoms with Gasteiger partial charge in [0.1, 0.15) is 17.1 Å². The maximum Gasteiger partial charge on any atom is 0.211 e. The van der Waals surface area contributed by atoms with Crippen molar-refractivity contribution in [1.82, 2.24) is 15.0 Å². The summed E-state index contributed by atoms with van der Waals surface area (Å²) in [6.45, 7) is 0.00125. The van der Waals surface area contributed by atoms with Crippen molar-refractivity contribution in [1.29, 1.82) is 0 Å². The zero-order chi connectivity index (χ0) is 14.2. The molecule has 1 heterocycles. The second-order valence-corrected chi connectivity index (χ2v) is 4.79. The SMILES string of the molecule is OCCC1=CC(n2nc3ccccc3n2)C(O)(O)C=C1. The van der Waals surface area contributed by atoms with E-state index in [-0.39, 0.29) is 6.61 Å². The van der Waals surface area contributed by atoms with Crippen LogP contribution in [-0.4, -0.2) is 42.7 Å². The molecule has 1 aromatic carbocycles. The molecule has 1 atom stereocenters. The number of hydrogen-bond donors (Lipinski definition) is 3. The van der Waals surface area contributed by atoms with Gasteiger partial charge in [0.05, 0.1) is 0 Å². The topological polar surface area (TPSA) is 91.4 Å². The molecule has 0 fully saturated rings. The van der Waals surface area contributed by atoms with E-state index >= 15 is 0 Å². The summed E-state index contributed by atoms with van der Waals surface area (Å²) in [5, 5.41) is 37.6. The monoisotopic (exact) mass is 273 g/mol. The molecule has 0 saturated heterocycles. The highest BCUT2D eigenvalue weighted by Crippen LogP contribution is 2.30. The molecule has 6 heteroatoms. The van der Waals surface area contributed by atoms with Crippen LogP contribution < -0.4 is 0 Å². The maximum absolute atomic E-state index is 10.1. The number of rotatable bonds is 3. The van der Waals surface area contributed by atoms with E-state index < -0.39 is 11.8 Å². The molecule has 0 spiro atoms. The molecule has 0 radical (unpaired) electrons. The molecule has 0 saturated carbocycles. The fourth-order valence-electron chi connectivity index (χ4n) is 2.24. The summed E-state index contributed by atoms with van der Waals surface area (Å²) in [5.74, 6) is -2.05. The molecule has 20 heavy (non-hydrogen) atoms. The number of aromatic nitrogens is 3. The van der Waals surface area contributed by atoms with Crippen LogP contribution in [0.5, 0.6) is 0 Å². The van der Waals surface area contributed by atoms with Gasteiger partial charge in [-0.15, -0.1) is 0 Å². The summed E-state index contributed by atoms with van der Waals surface area (Å²) in [6, 6.07) is 6.50. The first kappa shape index (κ1) is 13.0. The largest absolute Gasteiger partial charge is 0.396 e. The minimum atomic E-state index is -2.05.